The second-order valence-electron chi connectivity index (χ2n) is 4.56. The van der Waals surface area contributed by atoms with Crippen molar-refractivity contribution in [1.29, 1.82) is 0 Å². The summed E-state index contributed by atoms with van der Waals surface area (Å²) in [6.07, 6.45) is -3.10. The third-order valence-electron chi connectivity index (χ3n) is 2.79. The van der Waals surface area contributed by atoms with Crippen LogP contribution in [0.2, 0.25) is 0 Å². The van der Waals surface area contributed by atoms with E-state index in [2.05, 4.69) is 15.3 Å². The number of benzene rings is 1. The number of carbonyl (C=O) groups is 1. The second-order valence-corrected chi connectivity index (χ2v) is 5.89. The van der Waals surface area contributed by atoms with Gasteiger partial charge in [0.25, 0.3) is 5.56 Å². The number of aromatic nitrogens is 2. The van der Waals surface area contributed by atoms with Crippen molar-refractivity contribution in [3.63, 3.8) is 0 Å². The maximum atomic E-state index is 12.5. The molecule has 0 saturated heterocycles. The van der Waals surface area contributed by atoms with Gasteiger partial charge in [0, 0.05) is 18.0 Å². The number of halogens is 3. The quantitative estimate of drug-likeness (QED) is 0.661. The first kappa shape index (κ1) is 17.1. The zero-order chi connectivity index (χ0) is 17.0. The van der Waals surface area contributed by atoms with Crippen molar-refractivity contribution in [1.82, 2.24) is 9.97 Å². The lowest BCUT2D eigenvalue weighted by Gasteiger charge is -2.12. The van der Waals surface area contributed by atoms with E-state index >= 15 is 0 Å². The molecule has 1 heterocycles. The Morgan fingerprint density at radius 2 is 1.91 bits per heavy atom. The average Bonchev–Trinajstić information content (AvgIpc) is 2.46. The van der Waals surface area contributed by atoms with E-state index in [-0.39, 0.29) is 16.4 Å². The minimum absolute atomic E-state index is 0.255. The monoisotopic (exact) mass is 343 g/mol. The second kappa shape index (κ2) is 6.86. The predicted octanol–water partition coefficient (Wildman–Crippen LogP) is 2.91. The van der Waals surface area contributed by atoms with Crippen LogP contribution in [0.3, 0.4) is 0 Å². The SMILES string of the molecule is CC(Sc1nccc(=O)[nH]1)C(=O)Nc1ccc(C(F)(F)F)cc1. The van der Waals surface area contributed by atoms with Crippen molar-refractivity contribution in [2.24, 2.45) is 0 Å². The molecule has 2 N–H and O–H groups in total. The molecule has 23 heavy (non-hydrogen) atoms. The van der Waals surface area contributed by atoms with Crippen molar-refractivity contribution >= 4 is 23.4 Å². The first-order valence-corrected chi connectivity index (χ1v) is 7.34. The summed E-state index contributed by atoms with van der Waals surface area (Å²) < 4.78 is 37.4. The third kappa shape index (κ3) is 4.85. The Balaban J connectivity index is 1.99. The first-order valence-electron chi connectivity index (χ1n) is 6.46. The number of hydrogen-bond donors (Lipinski definition) is 2. The van der Waals surface area contributed by atoms with Crippen LogP contribution in [-0.2, 0) is 11.0 Å². The van der Waals surface area contributed by atoms with Gasteiger partial charge >= 0.3 is 6.18 Å². The maximum absolute atomic E-state index is 12.5. The molecule has 1 aromatic heterocycles. The highest BCUT2D eigenvalue weighted by Crippen LogP contribution is 2.30. The molecule has 1 atom stereocenters. The minimum Gasteiger partial charge on any atom is -0.325 e. The molecule has 2 rings (SSSR count). The van der Waals surface area contributed by atoms with Crippen LogP contribution in [0.5, 0.6) is 0 Å². The molecule has 1 amide bonds. The first-order chi connectivity index (χ1) is 10.8. The van der Waals surface area contributed by atoms with Gasteiger partial charge in [-0.2, -0.15) is 13.2 Å². The molecule has 0 spiro atoms. The van der Waals surface area contributed by atoms with Crippen LogP contribution in [0.15, 0.2) is 46.5 Å². The third-order valence-corrected chi connectivity index (χ3v) is 3.78. The lowest BCUT2D eigenvalue weighted by molar-refractivity contribution is -0.137. The summed E-state index contributed by atoms with van der Waals surface area (Å²) in [6, 6.07) is 5.39. The molecule has 2 aromatic rings. The molecule has 0 fully saturated rings. The van der Waals surface area contributed by atoms with Gasteiger partial charge in [0.05, 0.1) is 10.8 Å². The number of rotatable bonds is 4. The van der Waals surface area contributed by atoms with Crippen molar-refractivity contribution in [3.8, 4) is 0 Å². The number of aromatic amines is 1. The zero-order valence-electron chi connectivity index (χ0n) is 11.8. The summed E-state index contributed by atoms with van der Waals surface area (Å²) >= 11 is 1.03. The van der Waals surface area contributed by atoms with E-state index in [1.54, 1.807) is 6.92 Å². The van der Waals surface area contributed by atoms with Gasteiger partial charge in [0.2, 0.25) is 5.91 Å². The van der Waals surface area contributed by atoms with E-state index in [1.807, 2.05) is 0 Å². The van der Waals surface area contributed by atoms with Gasteiger partial charge in [-0.3, -0.25) is 9.59 Å². The highest BCUT2D eigenvalue weighted by atomic mass is 32.2. The highest BCUT2D eigenvalue weighted by Gasteiger charge is 2.30. The van der Waals surface area contributed by atoms with Crippen molar-refractivity contribution in [3.05, 3.63) is 52.4 Å². The molecule has 0 radical (unpaired) electrons. The Bertz CT molecular complexity index is 744. The van der Waals surface area contributed by atoms with E-state index < -0.39 is 22.9 Å². The van der Waals surface area contributed by atoms with Crippen LogP contribution in [0.4, 0.5) is 18.9 Å². The van der Waals surface area contributed by atoms with Crippen LogP contribution >= 0.6 is 11.8 Å². The van der Waals surface area contributed by atoms with Crippen LogP contribution < -0.4 is 10.9 Å². The molecule has 0 saturated carbocycles. The minimum atomic E-state index is -4.42. The number of H-pyrrole nitrogens is 1. The average molecular weight is 343 g/mol. The molecule has 1 aromatic carbocycles. The summed E-state index contributed by atoms with van der Waals surface area (Å²) in [5.74, 6) is -0.415. The van der Waals surface area contributed by atoms with Crippen molar-refractivity contribution in [2.75, 3.05) is 5.32 Å². The van der Waals surface area contributed by atoms with E-state index in [0.717, 1.165) is 23.9 Å². The molecule has 0 bridgehead atoms. The van der Waals surface area contributed by atoms with Crippen molar-refractivity contribution in [2.45, 2.75) is 23.5 Å². The predicted molar refractivity (Wildman–Crippen MR) is 80.3 cm³/mol. The van der Waals surface area contributed by atoms with E-state index in [0.29, 0.717) is 0 Å². The molecule has 0 aliphatic carbocycles. The smallest absolute Gasteiger partial charge is 0.325 e. The van der Waals surface area contributed by atoms with Crippen molar-refractivity contribution < 1.29 is 18.0 Å². The molecule has 0 aliphatic heterocycles. The van der Waals surface area contributed by atoms with E-state index in [1.165, 1.54) is 24.4 Å². The van der Waals surface area contributed by atoms with Gasteiger partial charge in [0.15, 0.2) is 5.16 Å². The molecule has 1 unspecified atom stereocenters. The fourth-order valence-electron chi connectivity index (χ4n) is 1.62. The Morgan fingerprint density at radius 3 is 2.48 bits per heavy atom. The van der Waals surface area contributed by atoms with Crippen LogP contribution in [0.25, 0.3) is 0 Å². The van der Waals surface area contributed by atoms with Gasteiger partial charge < -0.3 is 10.3 Å². The van der Waals surface area contributed by atoms with E-state index in [9.17, 15) is 22.8 Å². The summed E-state index contributed by atoms with van der Waals surface area (Å²) in [5, 5.41) is 2.20. The highest BCUT2D eigenvalue weighted by molar-refractivity contribution is 8.00. The van der Waals surface area contributed by atoms with Crippen LogP contribution in [-0.4, -0.2) is 21.1 Å². The van der Waals surface area contributed by atoms with Gasteiger partial charge in [-0.15, -0.1) is 0 Å². The maximum Gasteiger partial charge on any atom is 0.416 e. The summed E-state index contributed by atoms with van der Waals surface area (Å²) in [7, 11) is 0. The molecule has 5 nitrogen and oxygen atoms in total. The number of thioether (sulfide) groups is 1. The fraction of sp³-hybridized carbons (Fsp3) is 0.214. The Kier molecular flexibility index (Phi) is 5.09. The molecular formula is C14H12F3N3O2S. The topological polar surface area (TPSA) is 74.8 Å². The number of nitrogens with one attached hydrogen (secondary N) is 2. The molecule has 0 aliphatic rings. The Morgan fingerprint density at radius 1 is 1.26 bits per heavy atom. The fourth-order valence-corrected chi connectivity index (χ4v) is 2.40. The van der Waals surface area contributed by atoms with Gasteiger partial charge in [-0.25, -0.2) is 4.98 Å². The number of alkyl halides is 3. The van der Waals surface area contributed by atoms with Gasteiger partial charge in [-0.05, 0) is 31.2 Å². The number of hydrogen-bond acceptors (Lipinski definition) is 4. The van der Waals surface area contributed by atoms with Crippen LogP contribution in [0.1, 0.15) is 12.5 Å². The number of anilines is 1. The summed E-state index contributed by atoms with van der Waals surface area (Å²) in [6.45, 7) is 1.59. The van der Waals surface area contributed by atoms with Gasteiger partial charge in [0.1, 0.15) is 0 Å². The van der Waals surface area contributed by atoms with Gasteiger partial charge in [-0.1, -0.05) is 11.8 Å². The normalized spacial score (nSPS) is 12.7. The lowest BCUT2D eigenvalue weighted by atomic mass is 10.2. The number of nitrogens with zero attached hydrogens (tertiary/aromatic N) is 1. The van der Waals surface area contributed by atoms with E-state index in [4.69, 9.17) is 0 Å². The number of amides is 1. The number of carbonyl (C=O) groups excluding carboxylic acids is 1. The lowest BCUT2D eigenvalue weighted by Crippen LogP contribution is -2.23. The summed E-state index contributed by atoms with van der Waals surface area (Å²) in [5.41, 5.74) is -0.869. The Labute approximate surface area is 133 Å². The molecule has 9 heteroatoms. The summed E-state index contributed by atoms with van der Waals surface area (Å²) in [4.78, 5) is 29.5. The molecule has 122 valence electrons. The van der Waals surface area contributed by atoms with Crippen LogP contribution in [0, 0.1) is 0 Å². The largest absolute Gasteiger partial charge is 0.416 e. The molecular weight excluding hydrogens is 331 g/mol. The zero-order valence-corrected chi connectivity index (χ0v) is 12.7. The Hall–Kier alpha value is -2.29. The standard InChI is InChI=1S/C14H12F3N3O2S/c1-8(23-13-18-7-6-11(21)20-13)12(22)19-10-4-2-9(3-5-10)14(15,16)17/h2-8H,1H3,(H,19,22)(H,18,20,21).